The van der Waals surface area contributed by atoms with Crippen LogP contribution in [0.5, 0.6) is 0 Å². The number of hydrogen-bond acceptors (Lipinski definition) is 5. The molecule has 1 amide bonds. The zero-order valence-electron chi connectivity index (χ0n) is 16.5. The first-order chi connectivity index (χ1) is 14.2. The Morgan fingerprint density at radius 3 is 3.00 bits per heavy atom. The average Bonchev–Trinajstić information content (AvgIpc) is 3.42. The highest BCUT2D eigenvalue weighted by Gasteiger charge is 2.62. The van der Waals surface area contributed by atoms with Crippen molar-refractivity contribution >= 4 is 17.7 Å². The van der Waals surface area contributed by atoms with Crippen molar-refractivity contribution in [1.29, 1.82) is 0 Å². The molecule has 5 rings (SSSR count). The van der Waals surface area contributed by atoms with Crippen LogP contribution >= 0.6 is 11.8 Å². The minimum Gasteiger partial charge on any atom is -0.370 e. The number of thioether (sulfide) groups is 1. The summed E-state index contributed by atoms with van der Waals surface area (Å²) >= 11 is 1.92. The van der Waals surface area contributed by atoms with E-state index in [1.165, 1.54) is 4.90 Å². The van der Waals surface area contributed by atoms with Crippen LogP contribution in [0.3, 0.4) is 0 Å². The number of carbonyl (C=O) groups excluding carboxylic acids is 1. The van der Waals surface area contributed by atoms with Crippen LogP contribution in [0.4, 0.5) is 0 Å². The molecule has 5 nitrogen and oxygen atoms in total. The monoisotopic (exact) mass is 409 g/mol. The third-order valence-electron chi connectivity index (χ3n) is 6.70. The van der Waals surface area contributed by atoms with Gasteiger partial charge in [0.1, 0.15) is 0 Å². The summed E-state index contributed by atoms with van der Waals surface area (Å²) in [6.45, 7) is 3.90. The maximum absolute atomic E-state index is 12.4. The topological polar surface area (TPSA) is 54.5 Å². The fourth-order valence-corrected chi connectivity index (χ4v) is 6.28. The van der Waals surface area contributed by atoms with E-state index in [2.05, 4.69) is 45.5 Å². The highest BCUT2D eigenvalue weighted by atomic mass is 32.2. The van der Waals surface area contributed by atoms with Gasteiger partial charge in [0, 0.05) is 61.1 Å². The van der Waals surface area contributed by atoms with Crippen LogP contribution in [0, 0.1) is 11.8 Å². The quantitative estimate of drug-likeness (QED) is 0.713. The lowest BCUT2D eigenvalue weighted by Gasteiger charge is -2.29. The molecule has 3 aliphatic rings. The summed E-state index contributed by atoms with van der Waals surface area (Å²) in [6, 6.07) is 14.2. The summed E-state index contributed by atoms with van der Waals surface area (Å²) in [5, 5.41) is 3.13. The maximum atomic E-state index is 12.4. The van der Waals surface area contributed by atoms with Gasteiger partial charge in [0.05, 0.1) is 17.3 Å². The molecule has 1 spiro atoms. The van der Waals surface area contributed by atoms with Gasteiger partial charge in [0.25, 0.3) is 5.91 Å². The van der Waals surface area contributed by atoms with Crippen LogP contribution in [0.15, 0.2) is 59.8 Å². The maximum Gasteiger partial charge on any atom is 0.252 e. The molecule has 0 aliphatic carbocycles. The molecule has 3 fully saturated rings. The van der Waals surface area contributed by atoms with Crippen LogP contribution in [0.25, 0.3) is 0 Å². The molecule has 4 atom stereocenters. The second-order valence-electron chi connectivity index (χ2n) is 8.38. The Bertz CT molecular complexity index is 850. The van der Waals surface area contributed by atoms with Gasteiger partial charge in [-0.1, -0.05) is 18.2 Å². The van der Waals surface area contributed by atoms with Gasteiger partial charge in [-0.05, 0) is 37.1 Å². The van der Waals surface area contributed by atoms with E-state index in [1.54, 1.807) is 18.5 Å². The van der Waals surface area contributed by atoms with Crippen LogP contribution in [0.1, 0.15) is 23.2 Å². The second kappa shape index (κ2) is 8.09. The molecule has 1 aromatic carbocycles. The van der Waals surface area contributed by atoms with E-state index in [9.17, 15) is 4.79 Å². The van der Waals surface area contributed by atoms with Crippen molar-refractivity contribution < 1.29 is 9.53 Å². The van der Waals surface area contributed by atoms with Gasteiger partial charge in [0.15, 0.2) is 0 Å². The number of carbonyl (C=O) groups is 1. The summed E-state index contributed by atoms with van der Waals surface area (Å²) in [5.74, 6) is 2.00. The predicted octanol–water partition coefficient (Wildman–Crippen LogP) is 3.08. The largest absolute Gasteiger partial charge is 0.370 e. The zero-order valence-corrected chi connectivity index (χ0v) is 17.3. The SMILES string of the molecule is O=C(NC[C@H]1[C@H]2CN(CCSc3ccccc3)C[C@]23CC[C@H]1O3)c1cccnc1. The van der Waals surface area contributed by atoms with E-state index in [1.807, 2.05) is 17.8 Å². The summed E-state index contributed by atoms with van der Waals surface area (Å²) < 4.78 is 6.52. The predicted molar refractivity (Wildman–Crippen MR) is 114 cm³/mol. The number of rotatable bonds is 7. The number of fused-ring (bicyclic) bond motifs is 1. The van der Waals surface area contributed by atoms with Crippen molar-refractivity contribution in [3.05, 3.63) is 60.4 Å². The fraction of sp³-hybridized carbons (Fsp3) is 0.478. The van der Waals surface area contributed by atoms with Gasteiger partial charge in [0.2, 0.25) is 0 Å². The summed E-state index contributed by atoms with van der Waals surface area (Å²) in [4.78, 5) is 20.4. The number of nitrogens with one attached hydrogen (secondary N) is 1. The van der Waals surface area contributed by atoms with E-state index in [4.69, 9.17) is 4.74 Å². The minimum absolute atomic E-state index is 0.0196. The smallest absolute Gasteiger partial charge is 0.252 e. The Balaban J connectivity index is 1.16. The highest BCUT2D eigenvalue weighted by Crippen LogP contribution is 2.54. The van der Waals surface area contributed by atoms with Gasteiger partial charge in [-0.15, -0.1) is 11.8 Å². The molecular formula is C23H27N3O2S. The standard InChI is InChI=1S/C23H27N3O2S/c27-22(17-5-4-10-24-13-17)25-14-19-20-15-26(16-23(20)9-8-21(19)28-23)11-12-29-18-6-2-1-3-7-18/h1-7,10,13,19-21H,8-9,11-12,14-16H2,(H,25,27)/t19-,20+,21+,23+/m0/s1. The van der Waals surface area contributed by atoms with Crippen LogP contribution in [-0.4, -0.2) is 59.4 Å². The lowest BCUT2D eigenvalue weighted by atomic mass is 9.73. The number of benzene rings is 1. The van der Waals surface area contributed by atoms with Gasteiger partial charge >= 0.3 is 0 Å². The molecule has 4 heterocycles. The van der Waals surface area contributed by atoms with Gasteiger partial charge in [-0.25, -0.2) is 0 Å². The highest BCUT2D eigenvalue weighted by molar-refractivity contribution is 7.99. The number of ether oxygens (including phenoxy) is 1. The lowest BCUT2D eigenvalue weighted by molar-refractivity contribution is 0.00326. The Labute approximate surface area is 176 Å². The lowest BCUT2D eigenvalue weighted by Crippen LogP contribution is -2.41. The molecule has 0 unspecified atom stereocenters. The summed E-state index contributed by atoms with van der Waals surface area (Å²) in [6.07, 6.45) is 5.90. The van der Waals surface area contributed by atoms with Gasteiger partial charge in [-0.2, -0.15) is 0 Å². The van der Waals surface area contributed by atoms with Crippen molar-refractivity contribution in [2.75, 3.05) is 31.9 Å². The molecule has 0 radical (unpaired) electrons. The van der Waals surface area contributed by atoms with Crippen molar-refractivity contribution in [3.63, 3.8) is 0 Å². The number of hydrogen-bond donors (Lipinski definition) is 1. The molecule has 0 saturated carbocycles. The first-order valence-corrected chi connectivity index (χ1v) is 11.5. The van der Waals surface area contributed by atoms with E-state index in [0.29, 0.717) is 30.0 Å². The number of amides is 1. The molecule has 2 aromatic rings. The number of likely N-dealkylation sites (tertiary alicyclic amines) is 1. The molecule has 152 valence electrons. The van der Waals surface area contributed by atoms with Crippen molar-refractivity contribution in [2.24, 2.45) is 11.8 Å². The first kappa shape index (κ1) is 19.1. The van der Waals surface area contributed by atoms with E-state index < -0.39 is 0 Å². The van der Waals surface area contributed by atoms with Crippen molar-refractivity contribution in [1.82, 2.24) is 15.2 Å². The molecule has 3 saturated heterocycles. The molecule has 1 N–H and O–H groups in total. The summed E-state index contributed by atoms with van der Waals surface area (Å²) in [5.41, 5.74) is 0.642. The number of pyridine rings is 1. The van der Waals surface area contributed by atoms with Crippen molar-refractivity contribution in [2.45, 2.75) is 29.4 Å². The molecule has 3 aliphatic heterocycles. The molecule has 2 bridgehead atoms. The molecular weight excluding hydrogens is 382 g/mol. The zero-order chi connectivity index (χ0) is 19.7. The van der Waals surface area contributed by atoms with Gasteiger partial charge in [-0.3, -0.25) is 14.7 Å². The Morgan fingerprint density at radius 2 is 2.17 bits per heavy atom. The van der Waals surface area contributed by atoms with E-state index >= 15 is 0 Å². The van der Waals surface area contributed by atoms with Crippen LogP contribution in [-0.2, 0) is 4.74 Å². The third-order valence-corrected chi connectivity index (χ3v) is 7.69. The van der Waals surface area contributed by atoms with Crippen LogP contribution in [0.2, 0.25) is 0 Å². The van der Waals surface area contributed by atoms with E-state index in [-0.39, 0.29) is 11.5 Å². The average molecular weight is 410 g/mol. The number of aromatic nitrogens is 1. The van der Waals surface area contributed by atoms with Crippen molar-refractivity contribution in [3.8, 4) is 0 Å². The third kappa shape index (κ3) is 3.81. The Hall–Kier alpha value is -1.89. The Morgan fingerprint density at radius 1 is 1.28 bits per heavy atom. The Kier molecular flexibility index (Phi) is 5.33. The molecule has 6 heteroatoms. The molecule has 29 heavy (non-hydrogen) atoms. The minimum atomic E-state index is -0.0379. The first-order valence-electron chi connectivity index (χ1n) is 10.5. The number of nitrogens with zero attached hydrogens (tertiary/aromatic N) is 2. The van der Waals surface area contributed by atoms with Gasteiger partial charge < -0.3 is 10.1 Å². The van der Waals surface area contributed by atoms with Crippen LogP contribution < -0.4 is 5.32 Å². The van der Waals surface area contributed by atoms with E-state index in [0.717, 1.165) is 38.2 Å². The fourth-order valence-electron chi connectivity index (χ4n) is 5.35. The molecule has 1 aromatic heterocycles. The normalized spacial score (nSPS) is 30.4. The summed E-state index contributed by atoms with van der Waals surface area (Å²) in [7, 11) is 0. The second-order valence-corrected chi connectivity index (χ2v) is 9.55.